The second-order valence-corrected chi connectivity index (χ2v) is 6.56. The van der Waals surface area contributed by atoms with E-state index in [-0.39, 0.29) is 12.6 Å². The number of nitrogens with one attached hydrogen (secondary N) is 1. The zero-order chi connectivity index (χ0) is 19.3. The Morgan fingerprint density at radius 3 is 2.08 bits per heavy atom. The number of unbranched alkanes of at least 4 members (excludes halogenated alkanes) is 9. The number of rotatable bonds is 18. The van der Waals surface area contributed by atoms with Gasteiger partial charge in [0.2, 0.25) is 0 Å². The molecule has 0 aliphatic heterocycles. The van der Waals surface area contributed by atoms with Crippen molar-refractivity contribution in [2.75, 3.05) is 33.5 Å². The van der Waals surface area contributed by atoms with Crippen LogP contribution in [0.5, 0.6) is 0 Å². The van der Waals surface area contributed by atoms with Crippen LogP contribution in [0.15, 0.2) is 0 Å². The number of carbonyl (C=O) groups is 2. The standard InChI is InChI=1S/C20H39NO5/c1-3-4-5-6-7-8-9-13-16-25-19(22)14-11-10-12-15-21-20(23)26-18-17-24-2/h3-18H2,1-2H3,(H,21,23). The molecule has 0 aliphatic rings. The first-order chi connectivity index (χ1) is 12.7. The molecule has 0 rings (SSSR count). The van der Waals surface area contributed by atoms with Gasteiger partial charge in [-0.15, -0.1) is 0 Å². The summed E-state index contributed by atoms with van der Waals surface area (Å²) in [7, 11) is 1.56. The van der Waals surface area contributed by atoms with Crippen LogP contribution in [0.25, 0.3) is 0 Å². The van der Waals surface area contributed by atoms with E-state index in [0.717, 1.165) is 32.1 Å². The molecule has 0 aromatic carbocycles. The second-order valence-electron chi connectivity index (χ2n) is 6.56. The van der Waals surface area contributed by atoms with Crippen molar-refractivity contribution in [2.45, 2.75) is 84.0 Å². The van der Waals surface area contributed by atoms with Crippen molar-refractivity contribution in [1.82, 2.24) is 5.32 Å². The number of esters is 1. The van der Waals surface area contributed by atoms with Gasteiger partial charge in [-0.25, -0.2) is 4.79 Å². The van der Waals surface area contributed by atoms with Gasteiger partial charge in [-0.3, -0.25) is 4.79 Å². The van der Waals surface area contributed by atoms with Gasteiger partial charge in [-0.05, 0) is 19.3 Å². The number of amides is 1. The van der Waals surface area contributed by atoms with Crippen LogP contribution in [-0.2, 0) is 19.0 Å². The van der Waals surface area contributed by atoms with E-state index in [4.69, 9.17) is 14.2 Å². The first-order valence-corrected chi connectivity index (χ1v) is 10.3. The minimum atomic E-state index is -0.424. The average molecular weight is 374 g/mol. The van der Waals surface area contributed by atoms with E-state index in [1.54, 1.807) is 7.11 Å². The van der Waals surface area contributed by atoms with Gasteiger partial charge in [0.1, 0.15) is 6.61 Å². The molecule has 0 bridgehead atoms. The first-order valence-electron chi connectivity index (χ1n) is 10.3. The normalized spacial score (nSPS) is 10.5. The van der Waals surface area contributed by atoms with Crippen molar-refractivity contribution in [3.8, 4) is 0 Å². The van der Waals surface area contributed by atoms with Crippen molar-refractivity contribution < 1.29 is 23.8 Å². The Balaban J connectivity index is 3.25. The fraction of sp³-hybridized carbons (Fsp3) is 0.900. The van der Waals surface area contributed by atoms with Crippen LogP contribution in [-0.4, -0.2) is 45.5 Å². The van der Waals surface area contributed by atoms with Crippen LogP contribution in [0, 0.1) is 0 Å². The summed E-state index contributed by atoms with van der Waals surface area (Å²) in [5.74, 6) is -0.111. The fourth-order valence-electron chi connectivity index (χ4n) is 2.52. The van der Waals surface area contributed by atoms with Gasteiger partial charge in [0, 0.05) is 20.1 Å². The summed E-state index contributed by atoms with van der Waals surface area (Å²) in [6, 6.07) is 0. The summed E-state index contributed by atoms with van der Waals surface area (Å²) in [5, 5.41) is 2.67. The predicted molar refractivity (Wildman–Crippen MR) is 103 cm³/mol. The molecule has 0 saturated heterocycles. The smallest absolute Gasteiger partial charge is 0.407 e. The molecule has 0 aromatic rings. The second kappa shape index (κ2) is 20.0. The van der Waals surface area contributed by atoms with Gasteiger partial charge in [0.15, 0.2) is 0 Å². The van der Waals surface area contributed by atoms with Crippen LogP contribution in [0.2, 0.25) is 0 Å². The van der Waals surface area contributed by atoms with Crippen LogP contribution in [0.4, 0.5) is 4.79 Å². The molecule has 154 valence electrons. The molecule has 0 aliphatic carbocycles. The number of carbonyl (C=O) groups excluding carboxylic acids is 2. The number of ether oxygens (including phenoxy) is 3. The molecule has 6 nitrogen and oxygen atoms in total. The summed E-state index contributed by atoms with van der Waals surface area (Å²) in [5.41, 5.74) is 0. The van der Waals surface area contributed by atoms with Crippen LogP contribution in [0.1, 0.15) is 84.0 Å². The number of alkyl carbamates (subject to hydrolysis) is 1. The highest BCUT2D eigenvalue weighted by atomic mass is 16.6. The minimum absolute atomic E-state index is 0.111. The Labute approximate surface area is 159 Å². The molecule has 26 heavy (non-hydrogen) atoms. The molecular formula is C20H39NO5. The lowest BCUT2D eigenvalue weighted by molar-refractivity contribution is -0.143. The molecule has 0 radical (unpaired) electrons. The molecular weight excluding hydrogens is 334 g/mol. The summed E-state index contributed by atoms with van der Waals surface area (Å²) < 4.78 is 14.9. The van der Waals surface area contributed by atoms with Crippen molar-refractivity contribution in [3.05, 3.63) is 0 Å². The van der Waals surface area contributed by atoms with Crippen LogP contribution in [0.3, 0.4) is 0 Å². The third-order valence-electron chi connectivity index (χ3n) is 4.11. The highest BCUT2D eigenvalue weighted by molar-refractivity contribution is 5.69. The van der Waals surface area contributed by atoms with Gasteiger partial charge in [-0.2, -0.15) is 0 Å². The number of hydrogen-bond donors (Lipinski definition) is 1. The Morgan fingerprint density at radius 1 is 0.731 bits per heavy atom. The SMILES string of the molecule is CCCCCCCCCCOC(=O)CCCCCNC(=O)OCCOC. The molecule has 0 atom stereocenters. The van der Waals surface area contributed by atoms with E-state index in [0.29, 0.717) is 26.2 Å². The maximum atomic E-state index is 11.6. The van der Waals surface area contributed by atoms with Gasteiger partial charge in [-0.1, -0.05) is 58.3 Å². The van der Waals surface area contributed by atoms with E-state index in [1.807, 2.05) is 0 Å². The van der Waals surface area contributed by atoms with E-state index in [2.05, 4.69) is 12.2 Å². The third-order valence-corrected chi connectivity index (χ3v) is 4.11. The number of methoxy groups -OCH3 is 1. The van der Waals surface area contributed by atoms with Gasteiger partial charge in [0.25, 0.3) is 0 Å². The maximum Gasteiger partial charge on any atom is 0.407 e. The highest BCUT2D eigenvalue weighted by Crippen LogP contribution is 2.08. The van der Waals surface area contributed by atoms with Gasteiger partial charge < -0.3 is 19.5 Å². The van der Waals surface area contributed by atoms with Crippen LogP contribution >= 0.6 is 0 Å². The fourth-order valence-corrected chi connectivity index (χ4v) is 2.52. The zero-order valence-electron chi connectivity index (χ0n) is 16.9. The van der Waals surface area contributed by atoms with Gasteiger partial charge >= 0.3 is 12.1 Å². The molecule has 1 N–H and O–H groups in total. The Bertz CT molecular complexity index is 336. The molecule has 0 spiro atoms. The molecule has 0 heterocycles. The van der Waals surface area contributed by atoms with Crippen LogP contribution < -0.4 is 5.32 Å². The predicted octanol–water partition coefficient (Wildman–Crippen LogP) is 4.60. The monoisotopic (exact) mass is 373 g/mol. The van der Waals surface area contributed by atoms with E-state index < -0.39 is 6.09 Å². The Kier molecular flexibility index (Phi) is 19.0. The summed E-state index contributed by atoms with van der Waals surface area (Å²) in [6.07, 6.45) is 12.5. The molecule has 0 aromatic heterocycles. The van der Waals surface area contributed by atoms with Crippen molar-refractivity contribution in [1.29, 1.82) is 0 Å². The van der Waals surface area contributed by atoms with E-state index >= 15 is 0 Å². The van der Waals surface area contributed by atoms with Crippen molar-refractivity contribution in [2.24, 2.45) is 0 Å². The molecule has 0 fully saturated rings. The lowest BCUT2D eigenvalue weighted by atomic mass is 10.1. The topological polar surface area (TPSA) is 73.9 Å². The highest BCUT2D eigenvalue weighted by Gasteiger charge is 2.03. The Morgan fingerprint density at radius 2 is 1.38 bits per heavy atom. The minimum Gasteiger partial charge on any atom is -0.466 e. The van der Waals surface area contributed by atoms with Crippen molar-refractivity contribution in [3.63, 3.8) is 0 Å². The molecule has 1 amide bonds. The van der Waals surface area contributed by atoms with Gasteiger partial charge in [0.05, 0.1) is 13.2 Å². The molecule has 0 saturated carbocycles. The zero-order valence-corrected chi connectivity index (χ0v) is 16.9. The lowest BCUT2D eigenvalue weighted by Crippen LogP contribution is -2.26. The van der Waals surface area contributed by atoms with E-state index in [9.17, 15) is 9.59 Å². The molecule has 0 unspecified atom stereocenters. The van der Waals surface area contributed by atoms with E-state index in [1.165, 1.54) is 38.5 Å². The maximum absolute atomic E-state index is 11.6. The lowest BCUT2D eigenvalue weighted by Gasteiger charge is -2.07. The number of hydrogen-bond acceptors (Lipinski definition) is 5. The van der Waals surface area contributed by atoms with Crippen molar-refractivity contribution >= 4 is 12.1 Å². The average Bonchev–Trinajstić information content (AvgIpc) is 2.63. The summed E-state index contributed by atoms with van der Waals surface area (Å²) in [4.78, 5) is 22.9. The quantitative estimate of drug-likeness (QED) is 0.281. The third kappa shape index (κ3) is 19.0. The first kappa shape index (κ1) is 24.7. The molecule has 6 heteroatoms. The Hall–Kier alpha value is -1.30. The summed E-state index contributed by atoms with van der Waals surface area (Å²) in [6.45, 7) is 3.98. The summed E-state index contributed by atoms with van der Waals surface area (Å²) >= 11 is 0. The largest absolute Gasteiger partial charge is 0.466 e.